The van der Waals surface area contributed by atoms with E-state index in [-0.39, 0.29) is 0 Å². The van der Waals surface area contributed by atoms with Crippen LogP contribution in [-0.4, -0.2) is 24.2 Å². The van der Waals surface area contributed by atoms with Gasteiger partial charge in [0.05, 0.1) is 11.5 Å². The smallest absolute Gasteiger partial charge is 0.416 e. The maximum atomic E-state index is 12.8. The predicted octanol–water partition coefficient (Wildman–Crippen LogP) is 3.35. The van der Waals surface area contributed by atoms with Gasteiger partial charge in [-0.05, 0) is 30.7 Å². The first-order valence-electron chi connectivity index (χ1n) is 6.44. The summed E-state index contributed by atoms with van der Waals surface area (Å²) in [5.41, 5.74) is 0.465. The van der Waals surface area contributed by atoms with E-state index in [1.54, 1.807) is 0 Å². The molecular formula is C14H16F3NO2. The van der Waals surface area contributed by atoms with E-state index < -0.39 is 29.5 Å². The van der Waals surface area contributed by atoms with Gasteiger partial charge in [0.15, 0.2) is 0 Å². The van der Waals surface area contributed by atoms with Crippen LogP contribution in [-0.2, 0) is 11.0 Å². The molecule has 3 nitrogen and oxygen atoms in total. The third-order valence-electron chi connectivity index (χ3n) is 3.89. The number of aliphatic carboxylic acids is 1. The highest BCUT2D eigenvalue weighted by atomic mass is 19.4. The molecule has 1 aromatic carbocycles. The first-order chi connectivity index (χ1) is 9.25. The molecule has 0 saturated heterocycles. The summed E-state index contributed by atoms with van der Waals surface area (Å²) in [7, 11) is 0. The Balaban J connectivity index is 2.47. The lowest BCUT2D eigenvalue weighted by Crippen LogP contribution is -2.26. The van der Waals surface area contributed by atoms with Crippen LogP contribution < -0.4 is 4.90 Å². The zero-order valence-corrected chi connectivity index (χ0v) is 11.2. The van der Waals surface area contributed by atoms with Crippen LogP contribution in [0.5, 0.6) is 0 Å². The van der Waals surface area contributed by atoms with E-state index in [4.69, 9.17) is 5.11 Å². The molecule has 1 aromatic rings. The van der Waals surface area contributed by atoms with E-state index in [2.05, 4.69) is 0 Å². The van der Waals surface area contributed by atoms with Gasteiger partial charge in [0.25, 0.3) is 0 Å². The van der Waals surface area contributed by atoms with Crippen molar-refractivity contribution in [2.45, 2.75) is 25.9 Å². The fourth-order valence-corrected chi connectivity index (χ4v) is 2.65. The van der Waals surface area contributed by atoms with E-state index in [0.29, 0.717) is 24.3 Å². The Labute approximate surface area is 115 Å². The van der Waals surface area contributed by atoms with Crippen LogP contribution in [0.4, 0.5) is 18.9 Å². The van der Waals surface area contributed by atoms with Gasteiger partial charge in [-0.15, -0.1) is 0 Å². The van der Waals surface area contributed by atoms with Crippen LogP contribution in [0, 0.1) is 5.92 Å². The number of carbonyl (C=O) groups is 1. The zero-order valence-electron chi connectivity index (χ0n) is 11.2. The number of carboxylic acids is 1. The molecule has 1 heterocycles. The average Bonchev–Trinajstić information content (AvgIpc) is 2.74. The van der Waals surface area contributed by atoms with Crippen LogP contribution in [0.2, 0.25) is 0 Å². The Hall–Kier alpha value is -1.72. The number of rotatable bonds is 3. The van der Waals surface area contributed by atoms with Crippen molar-refractivity contribution in [1.82, 2.24) is 0 Å². The summed E-state index contributed by atoms with van der Waals surface area (Å²) in [6.07, 6.45) is -4.41. The Kier molecular flexibility index (Phi) is 3.67. The molecule has 20 heavy (non-hydrogen) atoms. The first-order valence-corrected chi connectivity index (χ1v) is 6.44. The van der Waals surface area contributed by atoms with Gasteiger partial charge in [-0.1, -0.05) is 6.92 Å². The molecule has 1 N–H and O–H groups in total. The van der Waals surface area contributed by atoms with Gasteiger partial charge in [0.1, 0.15) is 0 Å². The van der Waals surface area contributed by atoms with Crippen molar-refractivity contribution in [2.75, 3.05) is 18.0 Å². The quantitative estimate of drug-likeness (QED) is 0.926. The van der Waals surface area contributed by atoms with E-state index >= 15 is 0 Å². The Morgan fingerprint density at radius 1 is 1.50 bits per heavy atom. The van der Waals surface area contributed by atoms with Crippen LogP contribution in [0.15, 0.2) is 18.2 Å². The Morgan fingerprint density at radius 2 is 2.15 bits per heavy atom. The summed E-state index contributed by atoms with van der Waals surface area (Å²) in [4.78, 5) is 13.0. The zero-order chi connectivity index (χ0) is 15.1. The Morgan fingerprint density at radius 3 is 2.65 bits per heavy atom. The molecule has 0 spiro atoms. The minimum atomic E-state index is -4.41. The number of nitrogens with zero attached hydrogens (tertiary/aromatic N) is 1. The highest BCUT2D eigenvalue weighted by Gasteiger charge is 2.38. The molecule has 6 heteroatoms. The van der Waals surface area contributed by atoms with Gasteiger partial charge in [0.2, 0.25) is 0 Å². The number of benzene rings is 1. The van der Waals surface area contributed by atoms with Crippen molar-refractivity contribution in [3.63, 3.8) is 0 Å². The van der Waals surface area contributed by atoms with Gasteiger partial charge >= 0.3 is 12.1 Å². The van der Waals surface area contributed by atoms with E-state index in [0.717, 1.165) is 12.1 Å². The standard InChI is InChI=1S/C14H16F3NO2/c1-3-18-7-11(8(2)13(19)20)10-6-9(14(15,16)17)4-5-12(10)18/h4-6,8,11H,3,7H2,1-2H3,(H,19,20). The second-order valence-corrected chi connectivity index (χ2v) is 5.04. The number of alkyl halides is 3. The Bertz CT molecular complexity index is 528. The monoisotopic (exact) mass is 287 g/mol. The van der Waals surface area contributed by atoms with Crippen LogP contribution in [0.25, 0.3) is 0 Å². The summed E-state index contributed by atoms with van der Waals surface area (Å²) in [6, 6.07) is 3.58. The number of hydrogen-bond donors (Lipinski definition) is 1. The molecule has 0 amide bonds. The summed E-state index contributed by atoms with van der Waals surface area (Å²) in [5, 5.41) is 9.12. The fourth-order valence-electron chi connectivity index (χ4n) is 2.65. The molecule has 0 saturated carbocycles. The second-order valence-electron chi connectivity index (χ2n) is 5.04. The van der Waals surface area contributed by atoms with E-state index in [1.807, 2.05) is 11.8 Å². The lowest BCUT2D eigenvalue weighted by molar-refractivity contribution is -0.141. The van der Waals surface area contributed by atoms with Gasteiger partial charge in [0, 0.05) is 24.7 Å². The molecule has 0 aromatic heterocycles. The van der Waals surface area contributed by atoms with Crippen molar-refractivity contribution < 1.29 is 23.1 Å². The van der Waals surface area contributed by atoms with Crippen LogP contribution >= 0.6 is 0 Å². The number of halogens is 3. The number of hydrogen-bond acceptors (Lipinski definition) is 2. The molecule has 1 aliphatic heterocycles. The number of fused-ring (bicyclic) bond motifs is 1. The largest absolute Gasteiger partial charge is 0.481 e. The summed E-state index contributed by atoms with van der Waals surface area (Å²) in [5.74, 6) is -2.12. The van der Waals surface area contributed by atoms with Crippen molar-refractivity contribution >= 4 is 11.7 Å². The normalized spacial score (nSPS) is 19.9. The highest BCUT2D eigenvalue weighted by molar-refractivity contribution is 5.74. The van der Waals surface area contributed by atoms with Gasteiger partial charge in [-0.25, -0.2) is 0 Å². The minimum absolute atomic E-state index is 0.412. The second kappa shape index (κ2) is 5.00. The van der Waals surface area contributed by atoms with Crippen molar-refractivity contribution in [2.24, 2.45) is 5.92 Å². The maximum Gasteiger partial charge on any atom is 0.416 e. The summed E-state index contributed by atoms with van der Waals surface area (Å²) in [6.45, 7) is 4.52. The topological polar surface area (TPSA) is 40.5 Å². The van der Waals surface area contributed by atoms with Crippen LogP contribution in [0.3, 0.4) is 0 Å². The molecule has 0 bridgehead atoms. The highest BCUT2D eigenvalue weighted by Crippen LogP contribution is 2.43. The number of likely N-dealkylation sites (N-methyl/N-ethyl adjacent to an activating group) is 1. The summed E-state index contributed by atoms with van der Waals surface area (Å²) < 4.78 is 38.4. The van der Waals surface area contributed by atoms with Crippen molar-refractivity contribution in [3.05, 3.63) is 29.3 Å². The predicted molar refractivity (Wildman–Crippen MR) is 68.9 cm³/mol. The maximum absolute atomic E-state index is 12.8. The molecular weight excluding hydrogens is 271 g/mol. The fraction of sp³-hybridized carbons (Fsp3) is 0.500. The first kappa shape index (κ1) is 14.7. The summed E-state index contributed by atoms with van der Waals surface area (Å²) >= 11 is 0. The number of anilines is 1. The average molecular weight is 287 g/mol. The lowest BCUT2D eigenvalue weighted by Gasteiger charge is -2.18. The van der Waals surface area contributed by atoms with Crippen molar-refractivity contribution in [3.8, 4) is 0 Å². The van der Waals surface area contributed by atoms with Crippen LogP contribution in [0.1, 0.15) is 30.9 Å². The molecule has 2 unspecified atom stereocenters. The molecule has 0 radical (unpaired) electrons. The molecule has 2 atom stereocenters. The third kappa shape index (κ3) is 2.46. The van der Waals surface area contributed by atoms with E-state index in [9.17, 15) is 18.0 Å². The molecule has 0 fully saturated rings. The lowest BCUT2D eigenvalue weighted by atomic mass is 9.88. The molecule has 0 aliphatic carbocycles. The van der Waals surface area contributed by atoms with Gasteiger partial charge in [-0.2, -0.15) is 13.2 Å². The van der Waals surface area contributed by atoms with E-state index in [1.165, 1.54) is 13.0 Å². The van der Waals surface area contributed by atoms with Gasteiger partial charge in [-0.3, -0.25) is 4.79 Å². The SMILES string of the molecule is CCN1CC(C(C)C(=O)O)c2cc(C(F)(F)F)ccc21. The third-order valence-corrected chi connectivity index (χ3v) is 3.89. The molecule has 1 aliphatic rings. The van der Waals surface area contributed by atoms with Crippen molar-refractivity contribution in [1.29, 1.82) is 0 Å². The van der Waals surface area contributed by atoms with Gasteiger partial charge < -0.3 is 10.0 Å². The number of carboxylic acid groups (broad SMARTS) is 1. The molecule has 2 rings (SSSR count). The minimum Gasteiger partial charge on any atom is -0.481 e. The molecule has 110 valence electrons.